The monoisotopic (exact) mass is 250 g/mol. The normalized spacial score (nSPS) is 14.7. The summed E-state index contributed by atoms with van der Waals surface area (Å²) in [6.07, 6.45) is 10.0. The van der Waals surface area contributed by atoms with Gasteiger partial charge in [0.2, 0.25) is 0 Å². The molecule has 1 aliphatic rings. The summed E-state index contributed by atoms with van der Waals surface area (Å²) in [6.45, 7) is 0. The second kappa shape index (κ2) is 3.41. The van der Waals surface area contributed by atoms with Gasteiger partial charge in [0.25, 0.3) is 0 Å². The van der Waals surface area contributed by atoms with Gasteiger partial charge in [-0.2, -0.15) is 6.08 Å². The molecule has 0 heterocycles. The number of rotatable bonds is 0. The van der Waals surface area contributed by atoms with Crippen LogP contribution in [0.2, 0.25) is 0 Å². The van der Waals surface area contributed by atoms with Crippen LogP contribution in [-0.2, 0) is 22.4 Å². The number of hydrogen-bond acceptors (Lipinski definition) is 0. The van der Waals surface area contributed by atoms with Gasteiger partial charge in [-0.3, -0.25) is 6.08 Å². The fourth-order valence-corrected chi connectivity index (χ4v) is 0.340. The molecule has 0 radical (unpaired) electrons. The topological polar surface area (TPSA) is 0 Å². The van der Waals surface area contributed by atoms with Crippen LogP contribution in [0, 0.1) is 6.08 Å². The molecular formula is C5H9Ta. The van der Waals surface area contributed by atoms with Crippen molar-refractivity contribution in [2.75, 3.05) is 0 Å². The smallest absolute Gasteiger partial charge is 1.00 e. The molecule has 1 aliphatic carbocycles. The molecule has 0 aromatic rings. The van der Waals surface area contributed by atoms with Crippen molar-refractivity contribution >= 4 is 0 Å². The summed E-state index contributed by atoms with van der Waals surface area (Å²) in [7, 11) is 0. The number of hydrogen-bond donors (Lipinski definition) is 0. The standard InChI is InChI=1S/C5H5.Ta.4H/c1-2-4-5-3-1;;;;;/h1-3H,4H2;;;;;/q-1;+5;4*-1. The molecule has 0 spiro atoms. The Hall–Kier alpha value is 0.220. The van der Waals surface area contributed by atoms with Gasteiger partial charge >= 0.3 is 22.4 Å². The quantitative estimate of drug-likeness (QED) is 0.574. The van der Waals surface area contributed by atoms with Gasteiger partial charge in [-0.25, -0.2) is 12.2 Å². The predicted molar refractivity (Wildman–Crippen MR) is 26.0 cm³/mol. The molecule has 1 rings (SSSR count). The van der Waals surface area contributed by atoms with Crippen molar-refractivity contribution in [2.24, 2.45) is 0 Å². The first-order chi connectivity index (χ1) is 2.50. The first kappa shape index (κ1) is 6.22. The molecule has 0 nitrogen and oxygen atoms in total. The minimum absolute atomic E-state index is 0. The van der Waals surface area contributed by atoms with E-state index in [9.17, 15) is 0 Å². The fourth-order valence-electron chi connectivity index (χ4n) is 0.340. The molecule has 0 saturated carbocycles. The summed E-state index contributed by atoms with van der Waals surface area (Å²) in [5, 5.41) is 0. The summed E-state index contributed by atoms with van der Waals surface area (Å²) in [5.41, 5.74) is 0. The Bertz CT molecular complexity index is 71.7. The van der Waals surface area contributed by atoms with Crippen molar-refractivity contribution in [3.8, 4) is 0 Å². The molecule has 0 aromatic heterocycles. The van der Waals surface area contributed by atoms with Gasteiger partial charge in [-0.15, -0.1) is 6.42 Å². The van der Waals surface area contributed by atoms with E-state index < -0.39 is 0 Å². The van der Waals surface area contributed by atoms with E-state index in [0.29, 0.717) is 0 Å². The maximum atomic E-state index is 2.99. The third-order valence-electron chi connectivity index (χ3n) is 0.586. The van der Waals surface area contributed by atoms with Crippen LogP contribution in [0.25, 0.3) is 0 Å². The van der Waals surface area contributed by atoms with Gasteiger partial charge in [0, 0.05) is 0 Å². The van der Waals surface area contributed by atoms with Crippen molar-refractivity contribution in [3.63, 3.8) is 0 Å². The van der Waals surface area contributed by atoms with Crippen LogP contribution >= 0.6 is 0 Å². The molecule has 6 heavy (non-hydrogen) atoms. The summed E-state index contributed by atoms with van der Waals surface area (Å²) >= 11 is 0. The third kappa shape index (κ3) is 1.61. The first-order valence-corrected chi connectivity index (χ1v) is 1.72. The maximum Gasteiger partial charge on any atom is 5.00 e. The third-order valence-corrected chi connectivity index (χ3v) is 0.586. The molecule has 0 saturated heterocycles. The molecule has 0 unspecified atom stereocenters. The molecular weight excluding hydrogens is 241 g/mol. The van der Waals surface area contributed by atoms with Gasteiger partial charge in [0.05, 0.1) is 0 Å². The molecule has 0 atom stereocenters. The van der Waals surface area contributed by atoms with Crippen LogP contribution in [0.15, 0.2) is 18.2 Å². The van der Waals surface area contributed by atoms with Gasteiger partial charge in [-0.05, 0) is 0 Å². The van der Waals surface area contributed by atoms with E-state index in [0.717, 1.165) is 6.42 Å². The Balaban J connectivity index is -0.0000000167. The Kier molecular flexibility index (Phi) is 3.54. The van der Waals surface area contributed by atoms with Crippen molar-refractivity contribution < 1.29 is 28.1 Å². The van der Waals surface area contributed by atoms with Crippen molar-refractivity contribution in [3.05, 3.63) is 24.3 Å². The molecule has 0 bridgehead atoms. The molecule has 0 aliphatic heterocycles. The molecule has 0 N–H and O–H groups in total. The van der Waals surface area contributed by atoms with Gasteiger partial charge < -0.3 is 5.71 Å². The second-order valence-electron chi connectivity index (χ2n) is 1.00. The van der Waals surface area contributed by atoms with E-state index in [1.165, 1.54) is 0 Å². The zero-order valence-corrected chi connectivity index (χ0v) is 6.60. The van der Waals surface area contributed by atoms with Crippen LogP contribution in [0.3, 0.4) is 0 Å². The zero-order valence-electron chi connectivity index (χ0n) is 7.39. The van der Waals surface area contributed by atoms with Crippen molar-refractivity contribution in [1.82, 2.24) is 0 Å². The van der Waals surface area contributed by atoms with E-state index in [4.69, 9.17) is 0 Å². The summed E-state index contributed by atoms with van der Waals surface area (Å²) < 4.78 is 0. The SMILES string of the molecule is [C-]1=CC=CC1.[H-].[H-].[H-].[H-].[Ta+5]. The second-order valence-corrected chi connectivity index (χ2v) is 1.00. The van der Waals surface area contributed by atoms with Crippen LogP contribution in [0.5, 0.6) is 0 Å². The molecule has 0 amide bonds. The maximum absolute atomic E-state index is 2.99. The van der Waals surface area contributed by atoms with Crippen LogP contribution in [0.4, 0.5) is 0 Å². The Morgan fingerprint density at radius 3 is 2.67 bits per heavy atom. The predicted octanol–water partition coefficient (Wildman–Crippen LogP) is 1.75. The molecule has 0 aromatic carbocycles. The summed E-state index contributed by atoms with van der Waals surface area (Å²) in [6, 6.07) is 0. The molecule has 0 fully saturated rings. The van der Waals surface area contributed by atoms with E-state index in [1.54, 1.807) is 0 Å². The zero-order chi connectivity index (χ0) is 3.54. The summed E-state index contributed by atoms with van der Waals surface area (Å²) in [5.74, 6) is 0. The van der Waals surface area contributed by atoms with E-state index >= 15 is 0 Å². The van der Waals surface area contributed by atoms with E-state index in [-0.39, 0.29) is 28.1 Å². The molecule has 1 heteroatoms. The van der Waals surface area contributed by atoms with Gasteiger partial charge in [-0.1, -0.05) is 0 Å². The largest absolute Gasteiger partial charge is 5.00 e. The van der Waals surface area contributed by atoms with E-state index in [2.05, 4.69) is 12.2 Å². The minimum atomic E-state index is 0. The average molecular weight is 250 g/mol. The summed E-state index contributed by atoms with van der Waals surface area (Å²) in [4.78, 5) is 0. The minimum Gasteiger partial charge on any atom is -1.00 e. The first-order valence-electron chi connectivity index (χ1n) is 1.72. The van der Waals surface area contributed by atoms with Gasteiger partial charge in [0.1, 0.15) is 0 Å². The Labute approximate surface area is 59.4 Å². The van der Waals surface area contributed by atoms with E-state index in [1.807, 2.05) is 12.2 Å². The van der Waals surface area contributed by atoms with Crippen LogP contribution < -0.4 is 0 Å². The number of allylic oxidation sites excluding steroid dienone is 4. The van der Waals surface area contributed by atoms with Crippen molar-refractivity contribution in [1.29, 1.82) is 0 Å². The Morgan fingerprint density at radius 2 is 2.50 bits per heavy atom. The van der Waals surface area contributed by atoms with Crippen LogP contribution in [-0.4, -0.2) is 0 Å². The average Bonchev–Trinajstić information content (AvgIpc) is 1.76. The Morgan fingerprint density at radius 1 is 1.67 bits per heavy atom. The van der Waals surface area contributed by atoms with Crippen LogP contribution in [0.1, 0.15) is 12.1 Å². The molecule has 34 valence electrons. The van der Waals surface area contributed by atoms with Crippen molar-refractivity contribution in [2.45, 2.75) is 6.42 Å². The van der Waals surface area contributed by atoms with Gasteiger partial charge in [0.15, 0.2) is 0 Å². The fraction of sp³-hybridized carbons (Fsp3) is 0.200.